The van der Waals surface area contributed by atoms with Gasteiger partial charge in [0.1, 0.15) is 5.82 Å². The van der Waals surface area contributed by atoms with Crippen molar-refractivity contribution in [1.29, 1.82) is 0 Å². The van der Waals surface area contributed by atoms with E-state index in [1.165, 1.54) is 18.8 Å². The van der Waals surface area contributed by atoms with Crippen LogP contribution in [0, 0.1) is 0 Å². The SMILES string of the molecule is O=C(O)c1cnc(N2CCC2)cn1. The van der Waals surface area contributed by atoms with Gasteiger partial charge >= 0.3 is 5.97 Å². The first-order valence-electron chi connectivity index (χ1n) is 4.07. The van der Waals surface area contributed by atoms with Crippen molar-refractivity contribution in [3.8, 4) is 0 Å². The number of hydrogen-bond donors (Lipinski definition) is 1. The molecule has 0 aliphatic carbocycles. The summed E-state index contributed by atoms with van der Waals surface area (Å²) in [6, 6.07) is 0. The second kappa shape index (κ2) is 3.01. The molecule has 0 unspecified atom stereocenters. The summed E-state index contributed by atoms with van der Waals surface area (Å²) < 4.78 is 0. The lowest BCUT2D eigenvalue weighted by Gasteiger charge is -2.31. The quantitative estimate of drug-likeness (QED) is 0.711. The molecule has 0 amide bonds. The average molecular weight is 179 g/mol. The molecule has 2 rings (SSSR count). The monoisotopic (exact) mass is 179 g/mol. The fraction of sp³-hybridized carbons (Fsp3) is 0.375. The van der Waals surface area contributed by atoms with Gasteiger partial charge in [-0.15, -0.1) is 0 Å². The number of carbonyl (C=O) groups is 1. The summed E-state index contributed by atoms with van der Waals surface area (Å²) >= 11 is 0. The third-order valence-electron chi connectivity index (χ3n) is 2.04. The number of anilines is 1. The zero-order valence-corrected chi connectivity index (χ0v) is 6.97. The summed E-state index contributed by atoms with van der Waals surface area (Å²) in [6.07, 6.45) is 3.96. The van der Waals surface area contributed by atoms with Gasteiger partial charge in [-0.25, -0.2) is 14.8 Å². The Balaban J connectivity index is 2.17. The van der Waals surface area contributed by atoms with Crippen LogP contribution in [0.4, 0.5) is 5.82 Å². The van der Waals surface area contributed by atoms with Gasteiger partial charge in [0.15, 0.2) is 5.69 Å². The Kier molecular flexibility index (Phi) is 1.84. The predicted molar refractivity (Wildman–Crippen MR) is 45.8 cm³/mol. The topological polar surface area (TPSA) is 66.3 Å². The molecule has 0 saturated carbocycles. The van der Waals surface area contributed by atoms with Crippen LogP contribution >= 0.6 is 0 Å². The van der Waals surface area contributed by atoms with Gasteiger partial charge in [-0.05, 0) is 6.42 Å². The molecule has 1 saturated heterocycles. The van der Waals surface area contributed by atoms with Gasteiger partial charge in [-0.1, -0.05) is 0 Å². The Morgan fingerprint density at radius 1 is 1.38 bits per heavy atom. The molecule has 0 aromatic carbocycles. The molecule has 0 atom stereocenters. The number of aromatic carboxylic acids is 1. The number of carboxylic acids is 1. The smallest absolute Gasteiger partial charge is 0.356 e. The van der Waals surface area contributed by atoms with Crippen LogP contribution < -0.4 is 4.90 Å². The largest absolute Gasteiger partial charge is 0.476 e. The van der Waals surface area contributed by atoms with E-state index < -0.39 is 5.97 Å². The van der Waals surface area contributed by atoms with E-state index in [2.05, 4.69) is 14.9 Å². The Morgan fingerprint density at radius 2 is 2.15 bits per heavy atom. The zero-order valence-electron chi connectivity index (χ0n) is 6.97. The van der Waals surface area contributed by atoms with Gasteiger partial charge in [0.25, 0.3) is 0 Å². The number of carboxylic acid groups (broad SMARTS) is 1. The van der Waals surface area contributed by atoms with Crippen LogP contribution in [-0.4, -0.2) is 34.1 Å². The summed E-state index contributed by atoms with van der Waals surface area (Å²) in [6.45, 7) is 1.97. The standard InChI is InChI=1S/C8H9N3O2/c12-8(13)6-4-10-7(5-9-6)11-2-1-3-11/h4-5H,1-3H2,(H,12,13). The summed E-state index contributed by atoms with van der Waals surface area (Å²) in [5.41, 5.74) is -0.00993. The lowest BCUT2D eigenvalue weighted by atomic mass is 10.2. The Hall–Kier alpha value is -1.65. The number of aromatic nitrogens is 2. The number of hydrogen-bond acceptors (Lipinski definition) is 4. The number of nitrogens with zero attached hydrogens (tertiary/aromatic N) is 3. The Labute approximate surface area is 75.0 Å². The van der Waals surface area contributed by atoms with E-state index >= 15 is 0 Å². The van der Waals surface area contributed by atoms with Crippen LogP contribution in [0.3, 0.4) is 0 Å². The van der Waals surface area contributed by atoms with Gasteiger partial charge in [0, 0.05) is 13.1 Å². The molecule has 1 aliphatic rings. The highest BCUT2D eigenvalue weighted by atomic mass is 16.4. The molecular weight excluding hydrogens is 170 g/mol. The third kappa shape index (κ3) is 1.44. The maximum Gasteiger partial charge on any atom is 0.356 e. The second-order valence-corrected chi connectivity index (χ2v) is 2.91. The van der Waals surface area contributed by atoms with Crippen LogP contribution in [0.1, 0.15) is 16.9 Å². The third-order valence-corrected chi connectivity index (χ3v) is 2.04. The molecule has 5 nitrogen and oxygen atoms in total. The van der Waals surface area contributed by atoms with Crippen LogP contribution in [0.5, 0.6) is 0 Å². The minimum atomic E-state index is -1.04. The molecule has 0 bridgehead atoms. The Bertz CT molecular complexity index is 319. The van der Waals surface area contributed by atoms with Crippen molar-refractivity contribution in [2.45, 2.75) is 6.42 Å². The van der Waals surface area contributed by atoms with Crippen molar-refractivity contribution in [3.63, 3.8) is 0 Å². The fourth-order valence-electron chi connectivity index (χ4n) is 1.14. The molecule has 68 valence electrons. The molecule has 13 heavy (non-hydrogen) atoms. The van der Waals surface area contributed by atoms with E-state index in [4.69, 9.17) is 5.11 Å². The minimum Gasteiger partial charge on any atom is -0.476 e. The first kappa shape index (κ1) is 7.97. The van der Waals surface area contributed by atoms with Crippen LogP contribution in [-0.2, 0) is 0 Å². The van der Waals surface area contributed by atoms with Crippen molar-refractivity contribution < 1.29 is 9.90 Å². The molecule has 0 spiro atoms. The van der Waals surface area contributed by atoms with Crippen LogP contribution in [0.15, 0.2) is 12.4 Å². The van der Waals surface area contributed by atoms with Gasteiger partial charge in [-0.3, -0.25) is 0 Å². The average Bonchev–Trinajstić information content (AvgIpc) is 2.02. The second-order valence-electron chi connectivity index (χ2n) is 2.91. The fourth-order valence-corrected chi connectivity index (χ4v) is 1.14. The molecule has 5 heteroatoms. The van der Waals surface area contributed by atoms with E-state index in [0.717, 1.165) is 18.9 Å². The molecular formula is C8H9N3O2. The van der Waals surface area contributed by atoms with Crippen molar-refractivity contribution in [2.75, 3.05) is 18.0 Å². The van der Waals surface area contributed by atoms with Crippen molar-refractivity contribution >= 4 is 11.8 Å². The molecule has 1 aromatic rings. The van der Waals surface area contributed by atoms with Gasteiger partial charge in [0.05, 0.1) is 12.4 Å². The molecule has 1 aliphatic heterocycles. The summed E-state index contributed by atoms with van der Waals surface area (Å²) in [5.74, 6) is -0.279. The van der Waals surface area contributed by atoms with Crippen molar-refractivity contribution in [3.05, 3.63) is 18.1 Å². The maximum atomic E-state index is 10.4. The first-order chi connectivity index (χ1) is 6.27. The van der Waals surface area contributed by atoms with E-state index in [-0.39, 0.29) is 5.69 Å². The van der Waals surface area contributed by atoms with E-state index in [9.17, 15) is 4.79 Å². The predicted octanol–water partition coefficient (Wildman–Crippen LogP) is 0.385. The normalized spacial score (nSPS) is 15.2. The zero-order chi connectivity index (χ0) is 9.26. The summed E-state index contributed by atoms with van der Waals surface area (Å²) in [4.78, 5) is 20.3. The minimum absolute atomic E-state index is 0.00993. The van der Waals surface area contributed by atoms with Crippen LogP contribution in [0.2, 0.25) is 0 Å². The Morgan fingerprint density at radius 3 is 2.54 bits per heavy atom. The molecule has 1 N–H and O–H groups in total. The highest BCUT2D eigenvalue weighted by molar-refractivity contribution is 5.84. The van der Waals surface area contributed by atoms with E-state index in [1.54, 1.807) is 0 Å². The lowest BCUT2D eigenvalue weighted by molar-refractivity contribution is 0.0690. The molecule has 1 aromatic heterocycles. The molecule has 1 fully saturated rings. The van der Waals surface area contributed by atoms with Crippen molar-refractivity contribution in [1.82, 2.24) is 9.97 Å². The van der Waals surface area contributed by atoms with Crippen molar-refractivity contribution in [2.24, 2.45) is 0 Å². The van der Waals surface area contributed by atoms with Gasteiger partial charge in [0.2, 0.25) is 0 Å². The maximum absolute atomic E-state index is 10.4. The van der Waals surface area contributed by atoms with E-state index in [1.807, 2.05) is 0 Å². The molecule has 0 radical (unpaired) electrons. The summed E-state index contributed by atoms with van der Waals surface area (Å²) in [7, 11) is 0. The summed E-state index contributed by atoms with van der Waals surface area (Å²) in [5, 5.41) is 8.57. The highest BCUT2D eigenvalue weighted by Crippen LogP contribution is 2.15. The van der Waals surface area contributed by atoms with Crippen LogP contribution in [0.25, 0.3) is 0 Å². The van der Waals surface area contributed by atoms with E-state index in [0.29, 0.717) is 0 Å². The molecule has 2 heterocycles. The highest BCUT2D eigenvalue weighted by Gasteiger charge is 2.16. The van der Waals surface area contributed by atoms with Gasteiger partial charge < -0.3 is 10.0 Å². The lowest BCUT2D eigenvalue weighted by Crippen LogP contribution is -2.37. The van der Waals surface area contributed by atoms with Gasteiger partial charge in [-0.2, -0.15) is 0 Å². The number of rotatable bonds is 2. The first-order valence-corrected chi connectivity index (χ1v) is 4.07.